The van der Waals surface area contributed by atoms with E-state index in [1.807, 2.05) is 12.1 Å². The zero-order chi connectivity index (χ0) is 15.9. The number of nitrogens with one attached hydrogen (secondary N) is 1. The molecule has 0 radical (unpaired) electrons. The van der Waals surface area contributed by atoms with E-state index in [4.69, 9.17) is 11.6 Å². The second-order valence-corrected chi connectivity index (χ2v) is 6.55. The van der Waals surface area contributed by atoms with Gasteiger partial charge in [0.05, 0.1) is 10.3 Å². The van der Waals surface area contributed by atoms with Crippen molar-refractivity contribution in [1.82, 2.24) is 4.98 Å². The maximum absolute atomic E-state index is 10.7. The van der Waals surface area contributed by atoms with Crippen LogP contribution < -0.4 is 10.3 Å². The Kier molecular flexibility index (Phi) is 3.53. The minimum absolute atomic E-state index is 0.0158. The van der Waals surface area contributed by atoms with Crippen LogP contribution in [0.2, 0.25) is 5.02 Å². The lowest BCUT2D eigenvalue weighted by molar-refractivity contribution is 0.594. The van der Waals surface area contributed by atoms with Crippen LogP contribution in [0.25, 0.3) is 11.1 Å². The van der Waals surface area contributed by atoms with E-state index in [9.17, 15) is 4.91 Å². The second kappa shape index (κ2) is 5.25. The van der Waals surface area contributed by atoms with Gasteiger partial charge >= 0.3 is 0 Å². The van der Waals surface area contributed by atoms with Crippen LogP contribution in [0.4, 0.5) is 11.5 Å². The van der Waals surface area contributed by atoms with Gasteiger partial charge in [0.25, 0.3) is 0 Å². The van der Waals surface area contributed by atoms with Crippen molar-refractivity contribution >= 4 is 23.1 Å². The number of rotatable bonds is 3. The topological polar surface area (TPSA) is 57.6 Å². The molecular formula is C16H17ClN4O. The first kappa shape index (κ1) is 14.8. The summed E-state index contributed by atoms with van der Waals surface area (Å²) in [7, 11) is 1.56. The third kappa shape index (κ3) is 2.52. The normalized spacial score (nSPS) is 15.1. The van der Waals surface area contributed by atoms with Crippen LogP contribution in [0.3, 0.4) is 0 Å². The fraction of sp³-hybridized carbons (Fsp3) is 0.312. The molecule has 1 aliphatic heterocycles. The molecule has 0 aliphatic carbocycles. The summed E-state index contributed by atoms with van der Waals surface area (Å²) in [6, 6.07) is 7.91. The Bertz CT molecular complexity index is 745. The number of aromatic nitrogens is 1. The van der Waals surface area contributed by atoms with E-state index in [-0.39, 0.29) is 5.54 Å². The molecule has 114 valence electrons. The quantitative estimate of drug-likeness (QED) is 0.678. The van der Waals surface area contributed by atoms with Crippen molar-refractivity contribution in [3.8, 4) is 11.1 Å². The Morgan fingerprint density at radius 3 is 2.86 bits per heavy atom. The molecular weight excluding hydrogens is 300 g/mol. The molecule has 22 heavy (non-hydrogen) atoms. The fourth-order valence-corrected chi connectivity index (χ4v) is 3.06. The fourth-order valence-electron chi connectivity index (χ4n) is 2.85. The summed E-state index contributed by atoms with van der Waals surface area (Å²) in [5, 5.41) is 8.14. The molecule has 6 heteroatoms. The highest BCUT2D eigenvalue weighted by Gasteiger charge is 2.29. The van der Waals surface area contributed by atoms with Crippen molar-refractivity contribution < 1.29 is 0 Å². The summed E-state index contributed by atoms with van der Waals surface area (Å²) in [5.74, 6) is 0.470. The van der Waals surface area contributed by atoms with E-state index >= 15 is 0 Å². The molecule has 1 aromatic heterocycles. The molecule has 2 aromatic rings. The first-order valence-corrected chi connectivity index (χ1v) is 7.42. The van der Waals surface area contributed by atoms with Gasteiger partial charge in [-0.25, -0.2) is 9.99 Å². The lowest BCUT2D eigenvalue weighted by Crippen LogP contribution is -2.27. The van der Waals surface area contributed by atoms with Gasteiger partial charge in [-0.15, -0.1) is 4.91 Å². The van der Waals surface area contributed by atoms with Crippen molar-refractivity contribution in [2.45, 2.75) is 25.8 Å². The summed E-state index contributed by atoms with van der Waals surface area (Å²) >= 11 is 6.34. The molecule has 1 N–H and O–H groups in total. The molecule has 0 spiro atoms. The largest absolute Gasteiger partial charge is 0.380 e. The van der Waals surface area contributed by atoms with Crippen LogP contribution in [0.15, 0.2) is 35.7 Å². The maximum atomic E-state index is 10.7. The Morgan fingerprint density at radius 2 is 2.14 bits per heavy atom. The van der Waals surface area contributed by atoms with Crippen LogP contribution >= 0.6 is 11.6 Å². The minimum atomic E-state index is 0.0158. The molecule has 0 unspecified atom stereocenters. The number of anilines is 2. The molecule has 0 saturated carbocycles. The van der Waals surface area contributed by atoms with Crippen LogP contribution in [-0.2, 0) is 6.42 Å². The highest BCUT2D eigenvalue weighted by atomic mass is 35.5. The van der Waals surface area contributed by atoms with Gasteiger partial charge < -0.3 is 5.32 Å². The van der Waals surface area contributed by atoms with Crippen molar-refractivity contribution in [2.24, 2.45) is 5.29 Å². The SMILES string of the molecule is CN(N=O)c1cc(-c2cccc3c2CC(C)(C)N3)c(Cl)cn1. The summed E-state index contributed by atoms with van der Waals surface area (Å²) in [5.41, 5.74) is 4.29. The molecule has 0 saturated heterocycles. The zero-order valence-corrected chi connectivity index (χ0v) is 13.5. The molecule has 1 aromatic carbocycles. The number of benzene rings is 1. The second-order valence-electron chi connectivity index (χ2n) is 6.14. The van der Waals surface area contributed by atoms with E-state index in [1.165, 1.54) is 10.6 Å². The highest BCUT2D eigenvalue weighted by Crippen LogP contribution is 2.41. The molecule has 0 atom stereocenters. The number of hydrogen-bond donors (Lipinski definition) is 1. The van der Waals surface area contributed by atoms with E-state index in [0.29, 0.717) is 10.8 Å². The molecule has 0 fully saturated rings. The third-order valence-corrected chi connectivity index (χ3v) is 4.15. The van der Waals surface area contributed by atoms with Crippen LogP contribution in [0, 0.1) is 4.91 Å². The highest BCUT2D eigenvalue weighted by molar-refractivity contribution is 6.33. The standard InChI is InChI=1S/C16H17ClN4O/c1-16(2)8-12-10(5-4-6-14(12)19-16)11-7-15(21(3)20-22)18-9-13(11)17/h4-7,9,19H,8H2,1-3H3. The minimum Gasteiger partial charge on any atom is -0.380 e. The van der Waals surface area contributed by atoms with E-state index in [0.717, 1.165) is 23.2 Å². The van der Waals surface area contributed by atoms with Crippen molar-refractivity contribution in [3.05, 3.63) is 46.0 Å². The first-order chi connectivity index (χ1) is 10.4. The van der Waals surface area contributed by atoms with Gasteiger partial charge in [0, 0.05) is 30.0 Å². The van der Waals surface area contributed by atoms with Gasteiger partial charge in [0.1, 0.15) is 0 Å². The van der Waals surface area contributed by atoms with Crippen LogP contribution in [0.1, 0.15) is 19.4 Å². The van der Waals surface area contributed by atoms with E-state index < -0.39 is 0 Å². The molecule has 0 bridgehead atoms. The number of nitrogens with zero attached hydrogens (tertiary/aromatic N) is 3. The lowest BCUT2D eigenvalue weighted by Gasteiger charge is -2.18. The molecule has 2 heterocycles. The van der Waals surface area contributed by atoms with Gasteiger partial charge in [-0.3, -0.25) is 0 Å². The van der Waals surface area contributed by atoms with Gasteiger partial charge in [-0.2, -0.15) is 0 Å². The smallest absolute Gasteiger partial charge is 0.152 e. The monoisotopic (exact) mass is 316 g/mol. The molecule has 3 rings (SSSR count). The van der Waals surface area contributed by atoms with E-state index in [1.54, 1.807) is 19.3 Å². The Hall–Kier alpha value is -2.14. The van der Waals surface area contributed by atoms with Crippen LogP contribution in [-0.4, -0.2) is 17.6 Å². The maximum Gasteiger partial charge on any atom is 0.152 e. The first-order valence-electron chi connectivity index (χ1n) is 7.04. The molecule has 1 aliphatic rings. The average molecular weight is 317 g/mol. The van der Waals surface area contributed by atoms with Crippen molar-refractivity contribution in [3.63, 3.8) is 0 Å². The van der Waals surface area contributed by atoms with Crippen molar-refractivity contribution in [2.75, 3.05) is 17.4 Å². The van der Waals surface area contributed by atoms with Crippen LogP contribution in [0.5, 0.6) is 0 Å². The van der Waals surface area contributed by atoms with E-state index in [2.05, 4.69) is 35.5 Å². The summed E-state index contributed by atoms with van der Waals surface area (Å²) in [4.78, 5) is 14.8. The molecule has 0 amide bonds. The summed E-state index contributed by atoms with van der Waals surface area (Å²) in [6.45, 7) is 4.33. The Labute approximate surface area is 134 Å². The Balaban J connectivity index is 2.14. The van der Waals surface area contributed by atoms with Gasteiger partial charge in [-0.05, 0) is 43.5 Å². The predicted octanol–water partition coefficient (Wildman–Crippen LogP) is 4.27. The average Bonchev–Trinajstić information content (AvgIpc) is 2.80. The summed E-state index contributed by atoms with van der Waals surface area (Å²) in [6.07, 6.45) is 2.47. The number of fused-ring (bicyclic) bond motifs is 1. The number of pyridine rings is 1. The molecule has 5 nitrogen and oxygen atoms in total. The third-order valence-electron chi connectivity index (χ3n) is 3.85. The predicted molar refractivity (Wildman–Crippen MR) is 90.3 cm³/mol. The van der Waals surface area contributed by atoms with Gasteiger partial charge in [0.15, 0.2) is 5.82 Å². The number of hydrogen-bond acceptors (Lipinski definition) is 4. The number of halogens is 1. The number of nitroso groups, excluding NO2 is 1. The van der Waals surface area contributed by atoms with Crippen molar-refractivity contribution in [1.29, 1.82) is 0 Å². The van der Waals surface area contributed by atoms with Gasteiger partial charge in [-0.1, -0.05) is 23.7 Å². The van der Waals surface area contributed by atoms with Gasteiger partial charge in [0.2, 0.25) is 0 Å². The Morgan fingerprint density at radius 1 is 1.36 bits per heavy atom. The summed E-state index contributed by atoms with van der Waals surface area (Å²) < 4.78 is 0. The zero-order valence-electron chi connectivity index (χ0n) is 12.7. The lowest BCUT2D eigenvalue weighted by atomic mass is 9.93.